The third kappa shape index (κ3) is 3.62. The van der Waals surface area contributed by atoms with Gasteiger partial charge in [0.1, 0.15) is 5.82 Å². The van der Waals surface area contributed by atoms with Gasteiger partial charge in [0.05, 0.1) is 5.69 Å². The van der Waals surface area contributed by atoms with Crippen LogP contribution in [0.2, 0.25) is 0 Å². The quantitative estimate of drug-likeness (QED) is 0.877. The van der Waals surface area contributed by atoms with Gasteiger partial charge >= 0.3 is 0 Å². The molecule has 0 aliphatic heterocycles. The Labute approximate surface area is 141 Å². The van der Waals surface area contributed by atoms with Gasteiger partial charge in [0.2, 0.25) is 5.91 Å². The molecule has 1 saturated carbocycles. The Kier molecular flexibility index (Phi) is 4.89. The van der Waals surface area contributed by atoms with Crippen LogP contribution in [0.5, 0.6) is 0 Å². The summed E-state index contributed by atoms with van der Waals surface area (Å²) >= 11 is 0. The molecule has 0 bridgehead atoms. The van der Waals surface area contributed by atoms with E-state index in [-0.39, 0.29) is 23.8 Å². The summed E-state index contributed by atoms with van der Waals surface area (Å²) in [6.07, 6.45) is 6.88. The maximum atomic E-state index is 12.4. The van der Waals surface area contributed by atoms with Crippen molar-refractivity contribution < 1.29 is 4.79 Å². The van der Waals surface area contributed by atoms with Crippen LogP contribution in [-0.4, -0.2) is 31.7 Å². The summed E-state index contributed by atoms with van der Waals surface area (Å²) < 4.78 is 1.59. The number of aromatic nitrogens is 4. The van der Waals surface area contributed by atoms with E-state index in [1.165, 1.54) is 0 Å². The Hall–Kier alpha value is -2.28. The average molecular weight is 328 g/mol. The van der Waals surface area contributed by atoms with Gasteiger partial charge in [-0.15, -0.1) is 0 Å². The molecule has 1 aliphatic rings. The fraction of sp³-hybridized carbons (Fsp3) is 0.529. The zero-order chi connectivity index (χ0) is 17.1. The molecule has 0 spiro atoms. The Morgan fingerprint density at radius 3 is 2.75 bits per heavy atom. The van der Waals surface area contributed by atoms with Crippen LogP contribution in [0.1, 0.15) is 51.1 Å². The van der Waals surface area contributed by atoms with E-state index in [4.69, 9.17) is 5.73 Å². The first-order valence-electron chi connectivity index (χ1n) is 8.47. The predicted molar refractivity (Wildman–Crippen MR) is 91.8 cm³/mol. The Balaban J connectivity index is 1.80. The minimum absolute atomic E-state index is 0.0373. The van der Waals surface area contributed by atoms with Gasteiger partial charge in [0.25, 0.3) is 5.95 Å². The number of carbonyl (C=O) groups excluding carboxylic acids is 1. The molecular weight excluding hydrogens is 304 g/mol. The van der Waals surface area contributed by atoms with Gasteiger partial charge in [-0.3, -0.25) is 4.79 Å². The van der Waals surface area contributed by atoms with E-state index in [1.54, 1.807) is 23.1 Å². The van der Waals surface area contributed by atoms with Crippen LogP contribution in [-0.2, 0) is 4.79 Å². The number of nitrogens with zero attached hydrogens (tertiary/aromatic N) is 4. The van der Waals surface area contributed by atoms with Crippen molar-refractivity contribution in [2.24, 2.45) is 11.7 Å². The topological polar surface area (TPSA) is 98.7 Å². The van der Waals surface area contributed by atoms with Crippen molar-refractivity contribution in [2.45, 2.75) is 51.5 Å². The highest BCUT2D eigenvalue weighted by molar-refractivity contribution is 5.90. The van der Waals surface area contributed by atoms with Gasteiger partial charge in [0, 0.05) is 30.9 Å². The molecule has 2 atom stereocenters. The maximum Gasteiger partial charge on any atom is 0.252 e. The Morgan fingerprint density at radius 2 is 2.12 bits per heavy atom. The lowest BCUT2D eigenvalue weighted by atomic mass is 10.00. The number of hydrogen-bond acceptors (Lipinski definition) is 5. The summed E-state index contributed by atoms with van der Waals surface area (Å²) in [6.45, 7) is 4.11. The van der Waals surface area contributed by atoms with Crippen molar-refractivity contribution in [1.29, 1.82) is 0 Å². The highest BCUT2D eigenvalue weighted by Crippen LogP contribution is 2.27. The minimum Gasteiger partial charge on any atom is -0.327 e. The second-order valence-electron chi connectivity index (χ2n) is 6.68. The maximum absolute atomic E-state index is 12.4. The van der Waals surface area contributed by atoms with Gasteiger partial charge < -0.3 is 11.1 Å². The molecule has 7 nitrogen and oxygen atoms in total. The first-order chi connectivity index (χ1) is 11.5. The molecule has 0 aromatic carbocycles. The van der Waals surface area contributed by atoms with E-state index < -0.39 is 0 Å². The number of hydrogen-bond donors (Lipinski definition) is 2. The molecule has 24 heavy (non-hydrogen) atoms. The first-order valence-corrected chi connectivity index (χ1v) is 8.47. The third-order valence-corrected chi connectivity index (χ3v) is 4.49. The van der Waals surface area contributed by atoms with Crippen molar-refractivity contribution >= 4 is 11.7 Å². The molecule has 0 saturated heterocycles. The number of nitrogens with two attached hydrogens (primary N) is 1. The Bertz CT molecular complexity index is 696. The van der Waals surface area contributed by atoms with Crippen LogP contribution in [0, 0.1) is 5.92 Å². The van der Waals surface area contributed by atoms with E-state index in [0.29, 0.717) is 18.2 Å². The van der Waals surface area contributed by atoms with Crippen LogP contribution in [0.25, 0.3) is 5.95 Å². The van der Waals surface area contributed by atoms with Crippen LogP contribution in [0.4, 0.5) is 5.82 Å². The molecule has 2 heterocycles. The summed E-state index contributed by atoms with van der Waals surface area (Å²) in [6, 6.07) is 3.76. The molecule has 1 amide bonds. The van der Waals surface area contributed by atoms with E-state index in [2.05, 4.69) is 34.2 Å². The second kappa shape index (κ2) is 7.09. The van der Waals surface area contributed by atoms with Crippen molar-refractivity contribution in [3.05, 3.63) is 30.2 Å². The lowest BCUT2D eigenvalue weighted by Gasteiger charge is -2.14. The normalized spacial score (nSPS) is 20.5. The molecule has 1 aliphatic carbocycles. The average Bonchev–Trinajstić information content (AvgIpc) is 3.15. The molecule has 0 radical (unpaired) electrons. The summed E-state index contributed by atoms with van der Waals surface area (Å²) in [5, 5.41) is 7.49. The highest BCUT2D eigenvalue weighted by Gasteiger charge is 2.26. The van der Waals surface area contributed by atoms with Crippen molar-refractivity contribution in [3.63, 3.8) is 0 Å². The van der Waals surface area contributed by atoms with Crippen LogP contribution in [0.3, 0.4) is 0 Å². The lowest BCUT2D eigenvalue weighted by molar-refractivity contribution is -0.117. The van der Waals surface area contributed by atoms with Gasteiger partial charge in [-0.2, -0.15) is 9.78 Å². The van der Waals surface area contributed by atoms with Gasteiger partial charge in [-0.05, 0) is 30.7 Å². The number of anilines is 1. The SMILES string of the molecule is CC(C)c1cc(NC(=O)C[C@@H]2CCC[C@H]2N)n(-c2ncccn2)n1. The zero-order valence-corrected chi connectivity index (χ0v) is 14.1. The van der Waals surface area contributed by atoms with Crippen LogP contribution < -0.4 is 11.1 Å². The molecule has 128 valence electrons. The summed E-state index contributed by atoms with van der Waals surface area (Å²) in [5.74, 6) is 1.51. The standard InChI is InChI=1S/C17H24N6O/c1-11(2)14-10-15(23(22-14)17-19-7-4-8-20-17)21-16(24)9-12-5-3-6-13(12)18/h4,7-8,10-13H,3,5-6,9,18H2,1-2H3,(H,21,24)/t12-,13+/m0/s1. The van der Waals surface area contributed by atoms with Crippen LogP contribution in [0.15, 0.2) is 24.5 Å². The summed E-state index contributed by atoms with van der Waals surface area (Å²) in [5.41, 5.74) is 6.95. The fourth-order valence-corrected chi connectivity index (χ4v) is 3.07. The van der Waals surface area contributed by atoms with Crippen LogP contribution >= 0.6 is 0 Å². The number of amides is 1. The van der Waals surface area contributed by atoms with E-state index in [1.807, 2.05) is 6.07 Å². The van der Waals surface area contributed by atoms with E-state index in [9.17, 15) is 4.79 Å². The largest absolute Gasteiger partial charge is 0.327 e. The molecule has 1 fully saturated rings. The molecule has 0 unspecified atom stereocenters. The van der Waals surface area contributed by atoms with E-state index >= 15 is 0 Å². The van der Waals surface area contributed by atoms with Crippen molar-refractivity contribution in [3.8, 4) is 5.95 Å². The van der Waals surface area contributed by atoms with Crippen molar-refractivity contribution in [2.75, 3.05) is 5.32 Å². The fourth-order valence-electron chi connectivity index (χ4n) is 3.07. The van der Waals surface area contributed by atoms with E-state index in [0.717, 1.165) is 25.0 Å². The number of rotatable bonds is 5. The number of carbonyl (C=O) groups is 1. The van der Waals surface area contributed by atoms with Gasteiger partial charge in [-0.1, -0.05) is 20.3 Å². The predicted octanol–water partition coefficient (Wildman–Crippen LogP) is 2.24. The first kappa shape index (κ1) is 16.6. The summed E-state index contributed by atoms with van der Waals surface area (Å²) in [4.78, 5) is 20.9. The molecule has 7 heteroatoms. The summed E-state index contributed by atoms with van der Waals surface area (Å²) in [7, 11) is 0. The van der Waals surface area contributed by atoms with Crippen molar-refractivity contribution in [1.82, 2.24) is 19.7 Å². The molecule has 2 aromatic rings. The minimum atomic E-state index is -0.0373. The monoisotopic (exact) mass is 328 g/mol. The van der Waals surface area contributed by atoms with Gasteiger partial charge in [-0.25, -0.2) is 9.97 Å². The molecule has 2 aromatic heterocycles. The number of nitrogens with one attached hydrogen (secondary N) is 1. The van der Waals surface area contributed by atoms with Gasteiger partial charge in [0.15, 0.2) is 0 Å². The Morgan fingerprint density at radius 1 is 1.38 bits per heavy atom. The smallest absolute Gasteiger partial charge is 0.252 e. The second-order valence-corrected chi connectivity index (χ2v) is 6.68. The molecule has 3 rings (SSSR count). The molecular formula is C17H24N6O. The highest BCUT2D eigenvalue weighted by atomic mass is 16.1. The lowest BCUT2D eigenvalue weighted by Crippen LogP contribution is -2.28. The molecule has 3 N–H and O–H groups in total. The third-order valence-electron chi connectivity index (χ3n) is 4.49. The zero-order valence-electron chi connectivity index (χ0n) is 14.1.